The minimum atomic E-state index is -0.270. The van der Waals surface area contributed by atoms with Crippen LogP contribution < -0.4 is 20.9 Å². The number of ether oxygens (including phenoxy) is 1. The van der Waals surface area contributed by atoms with Crippen LogP contribution in [-0.4, -0.2) is 57.6 Å². The Labute approximate surface area is 237 Å². The molecule has 40 heavy (non-hydrogen) atoms. The normalized spacial score (nSPS) is 17.8. The molecule has 9 nitrogen and oxygen atoms in total. The zero-order chi connectivity index (χ0) is 28.4. The van der Waals surface area contributed by atoms with E-state index in [1.165, 1.54) is 5.69 Å². The van der Waals surface area contributed by atoms with Gasteiger partial charge in [0, 0.05) is 62.1 Å². The minimum Gasteiger partial charge on any atom is -0.379 e. The molecule has 2 atom stereocenters. The molecule has 2 aromatic carbocycles. The standard InChI is InChI=1S/C31H42N8O/c1-20-9-8-10-21(2)27(20)35-28-26-17-32-30(36-29(26)39(37-28)16-15-31(5,6)40-7)34-24-11-13-25(14-12-24)38-18-22(3)33-23(4)19-38/h8-14,17,22-23,33H,15-16,18-19H2,1-7H3,(H,35,37)(H,32,34,36). The molecule has 1 fully saturated rings. The number of nitrogens with one attached hydrogen (secondary N) is 3. The van der Waals surface area contributed by atoms with Crippen LogP contribution in [0.3, 0.4) is 0 Å². The van der Waals surface area contributed by atoms with Crippen LogP contribution in [0.5, 0.6) is 0 Å². The van der Waals surface area contributed by atoms with Crippen molar-refractivity contribution < 1.29 is 4.74 Å². The molecule has 1 saturated heterocycles. The Morgan fingerprint density at radius 1 is 1.00 bits per heavy atom. The van der Waals surface area contributed by atoms with Crippen LogP contribution in [0.2, 0.25) is 0 Å². The molecule has 0 amide bonds. The molecular formula is C31H42N8O. The third-order valence-electron chi connectivity index (χ3n) is 7.74. The summed E-state index contributed by atoms with van der Waals surface area (Å²) < 4.78 is 7.62. The number of piperazine rings is 1. The van der Waals surface area contributed by atoms with Crippen molar-refractivity contribution in [2.24, 2.45) is 0 Å². The van der Waals surface area contributed by atoms with E-state index in [0.717, 1.165) is 58.9 Å². The molecule has 0 aliphatic carbocycles. The maximum Gasteiger partial charge on any atom is 0.229 e. The van der Waals surface area contributed by atoms with Crippen molar-refractivity contribution in [2.45, 2.75) is 72.2 Å². The third-order valence-corrected chi connectivity index (χ3v) is 7.74. The van der Waals surface area contributed by atoms with Crippen molar-refractivity contribution in [3.05, 3.63) is 59.8 Å². The summed E-state index contributed by atoms with van der Waals surface area (Å²) in [6, 6.07) is 15.7. The summed E-state index contributed by atoms with van der Waals surface area (Å²) >= 11 is 0. The number of methoxy groups -OCH3 is 1. The van der Waals surface area contributed by atoms with Gasteiger partial charge < -0.3 is 25.6 Å². The Balaban J connectivity index is 1.41. The van der Waals surface area contributed by atoms with E-state index in [1.807, 2.05) is 10.9 Å². The Hall–Kier alpha value is -3.69. The SMILES string of the molecule is COC(C)(C)CCn1nc(Nc2c(C)cccc2C)c2cnc(Nc3ccc(N4CC(C)NC(C)C4)cc3)nc21. The van der Waals surface area contributed by atoms with Gasteiger partial charge in [0.1, 0.15) is 0 Å². The Bertz CT molecular complexity index is 1430. The van der Waals surface area contributed by atoms with Gasteiger partial charge in [-0.3, -0.25) is 0 Å². The Morgan fingerprint density at radius 3 is 2.33 bits per heavy atom. The summed E-state index contributed by atoms with van der Waals surface area (Å²) in [6.45, 7) is 15.5. The highest BCUT2D eigenvalue weighted by Gasteiger charge is 2.22. The lowest BCUT2D eigenvalue weighted by molar-refractivity contribution is 0.0116. The molecule has 9 heteroatoms. The van der Waals surface area contributed by atoms with E-state index in [2.05, 4.69) is 110 Å². The van der Waals surface area contributed by atoms with E-state index >= 15 is 0 Å². The first-order chi connectivity index (χ1) is 19.1. The summed E-state index contributed by atoms with van der Waals surface area (Å²) in [4.78, 5) is 12.0. The highest BCUT2D eigenvalue weighted by molar-refractivity contribution is 5.90. The molecule has 2 unspecified atom stereocenters. The number of para-hydroxylation sites is 1. The maximum atomic E-state index is 5.66. The molecule has 3 heterocycles. The summed E-state index contributed by atoms with van der Waals surface area (Å²) in [5, 5.41) is 16.4. The second-order valence-electron chi connectivity index (χ2n) is 11.7. The lowest BCUT2D eigenvalue weighted by Crippen LogP contribution is -2.54. The molecule has 5 rings (SSSR count). The van der Waals surface area contributed by atoms with Gasteiger partial charge in [-0.05, 0) is 83.4 Å². The van der Waals surface area contributed by atoms with E-state index in [9.17, 15) is 0 Å². The van der Waals surface area contributed by atoms with Crippen molar-refractivity contribution in [1.82, 2.24) is 25.1 Å². The van der Waals surface area contributed by atoms with Gasteiger partial charge in [-0.2, -0.15) is 10.1 Å². The number of hydrogen-bond acceptors (Lipinski definition) is 8. The molecule has 3 N–H and O–H groups in total. The van der Waals surface area contributed by atoms with Crippen molar-refractivity contribution in [3.63, 3.8) is 0 Å². The molecule has 2 aromatic heterocycles. The number of anilines is 5. The van der Waals surface area contributed by atoms with Crippen molar-refractivity contribution in [3.8, 4) is 0 Å². The van der Waals surface area contributed by atoms with Gasteiger partial charge in [-0.1, -0.05) is 18.2 Å². The fraction of sp³-hybridized carbons (Fsp3) is 0.452. The molecule has 0 radical (unpaired) electrons. The molecule has 4 aromatic rings. The number of hydrogen-bond donors (Lipinski definition) is 3. The number of aromatic nitrogens is 4. The molecule has 1 aliphatic rings. The van der Waals surface area contributed by atoms with Crippen LogP contribution >= 0.6 is 0 Å². The van der Waals surface area contributed by atoms with Crippen molar-refractivity contribution >= 4 is 39.9 Å². The number of rotatable bonds is 9. The average Bonchev–Trinajstić information content (AvgIpc) is 3.26. The summed E-state index contributed by atoms with van der Waals surface area (Å²) in [6.07, 6.45) is 2.64. The maximum absolute atomic E-state index is 5.66. The van der Waals surface area contributed by atoms with Crippen LogP contribution in [-0.2, 0) is 11.3 Å². The highest BCUT2D eigenvalue weighted by Crippen LogP contribution is 2.30. The van der Waals surface area contributed by atoms with Gasteiger partial charge in [0.05, 0.1) is 11.0 Å². The lowest BCUT2D eigenvalue weighted by atomic mass is 10.1. The largest absolute Gasteiger partial charge is 0.379 e. The number of fused-ring (bicyclic) bond motifs is 1. The Kier molecular flexibility index (Phi) is 7.96. The van der Waals surface area contributed by atoms with Crippen LogP contribution in [0.1, 0.15) is 45.2 Å². The van der Waals surface area contributed by atoms with Gasteiger partial charge in [0.25, 0.3) is 0 Å². The first-order valence-corrected chi connectivity index (χ1v) is 14.1. The van der Waals surface area contributed by atoms with Crippen LogP contribution in [0.15, 0.2) is 48.7 Å². The van der Waals surface area contributed by atoms with E-state index in [4.69, 9.17) is 14.8 Å². The van der Waals surface area contributed by atoms with Gasteiger partial charge in [-0.25, -0.2) is 9.67 Å². The number of nitrogens with zero attached hydrogens (tertiary/aromatic N) is 5. The third kappa shape index (κ3) is 6.21. The monoisotopic (exact) mass is 542 g/mol. The van der Waals surface area contributed by atoms with Crippen LogP contribution in [0, 0.1) is 13.8 Å². The second-order valence-corrected chi connectivity index (χ2v) is 11.7. The number of aryl methyl sites for hydroxylation is 3. The van der Waals surface area contributed by atoms with E-state index < -0.39 is 0 Å². The molecular weight excluding hydrogens is 500 g/mol. The first kappa shape index (κ1) is 27.9. The second kappa shape index (κ2) is 11.4. The zero-order valence-electron chi connectivity index (χ0n) is 24.7. The lowest BCUT2D eigenvalue weighted by Gasteiger charge is -2.37. The minimum absolute atomic E-state index is 0.270. The summed E-state index contributed by atoms with van der Waals surface area (Å²) in [5.41, 5.74) is 6.06. The molecule has 0 saturated carbocycles. The highest BCUT2D eigenvalue weighted by atomic mass is 16.5. The quantitative estimate of drug-likeness (QED) is 0.240. The average molecular weight is 543 g/mol. The van der Waals surface area contributed by atoms with Gasteiger partial charge in [-0.15, -0.1) is 0 Å². The predicted octanol–water partition coefficient (Wildman–Crippen LogP) is 5.93. The topological polar surface area (TPSA) is 92.2 Å². The molecule has 212 valence electrons. The summed E-state index contributed by atoms with van der Waals surface area (Å²) in [7, 11) is 1.74. The van der Waals surface area contributed by atoms with Gasteiger partial charge in [0.2, 0.25) is 5.95 Å². The van der Waals surface area contributed by atoms with Crippen LogP contribution in [0.25, 0.3) is 11.0 Å². The summed E-state index contributed by atoms with van der Waals surface area (Å²) in [5.74, 6) is 1.29. The molecule has 1 aliphatic heterocycles. The van der Waals surface area contributed by atoms with E-state index in [0.29, 0.717) is 24.6 Å². The zero-order valence-corrected chi connectivity index (χ0v) is 24.7. The smallest absolute Gasteiger partial charge is 0.229 e. The van der Waals surface area contributed by atoms with Crippen molar-refractivity contribution in [1.29, 1.82) is 0 Å². The van der Waals surface area contributed by atoms with Crippen molar-refractivity contribution in [2.75, 3.05) is 35.7 Å². The van der Waals surface area contributed by atoms with Crippen LogP contribution in [0.4, 0.5) is 28.8 Å². The molecule has 0 bridgehead atoms. The van der Waals surface area contributed by atoms with Gasteiger partial charge in [0.15, 0.2) is 11.5 Å². The fourth-order valence-corrected chi connectivity index (χ4v) is 5.30. The first-order valence-electron chi connectivity index (χ1n) is 14.1. The van der Waals surface area contributed by atoms with E-state index in [-0.39, 0.29) is 5.60 Å². The number of benzene rings is 2. The fourth-order valence-electron chi connectivity index (χ4n) is 5.30. The molecule has 0 spiro atoms. The predicted molar refractivity (Wildman–Crippen MR) is 164 cm³/mol. The Morgan fingerprint density at radius 2 is 1.68 bits per heavy atom. The van der Waals surface area contributed by atoms with E-state index in [1.54, 1.807) is 7.11 Å². The van der Waals surface area contributed by atoms with Gasteiger partial charge >= 0.3 is 0 Å².